The van der Waals surface area contributed by atoms with E-state index in [0.717, 1.165) is 16.1 Å². The molecule has 1 aliphatic rings. The summed E-state index contributed by atoms with van der Waals surface area (Å²) in [6, 6.07) is 21.5. The summed E-state index contributed by atoms with van der Waals surface area (Å²) in [4.78, 5) is 38.7. The molecule has 3 aromatic rings. The largest absolute Gasteiger partial charge is 0.479 e. The lowest BCUT2D eigenvalue weighted by atomic mass is 9.84. The van der Waals surface area contributed by atoms with Crippen LogP contribution >= 0.6 is 12.6 Å². The number of thiol groups is 1. The Morgan fingerprint density at radius 3 is 2.18 bits per heavy atom. The van der Waals surface area contributed by atoms with E-state index in [1.807, 2.05) is 12.1 Å². The van der Waals surface area contributed by atoms with E-state index < -0.39 is 24.6 Å². The van der Waals surface area contributed by atoms with E-state index in [-0.39, 0.29) is 18.1 Å². The van der Waals surface area contributed by atoms with Gasteiger partial charge in [0.25, 0.3) is 5.91 Å². The number of carbonyl (C=O) groups excluding carboxylic acids is 2. The molecule has 3 aromatic carbocycles. The Labute approximate surface area is 232 Å². The molecule has 1 fully saturated rings. The van der Waals surface area contributed by atoms with E-state index in [2.05, 4.69) is 35.4 Å². The lowest BCUT2D eigenvalue weighted by Crippen LogP contribution is -2.35. The number of aliphatic carboxylic acids is 1. The van der Waals surface area contributed by atoms with Crippen molar-refractivity contribution in [2.45, 2.75) is 55.6 Å². The molecule has 204 valence electrons. The molecule has 0 bridgehead atoms. The van der Waals surface area contributed by atoms with Crippen LogP contribution in [0.5, 0.6) is 0 Å². The first-order valence-corrected chi connectivity index (χ1v) is 13.5. The summed E-state index contributed by atoms with van der Waals surface area (Å²) in [7, 11) is 0. The Hall–Kier alpha value is -3.85. The molecule has 0 spiro atoms. The molecule has 1 atom stereocenters. The zero-order valence-electron chi connectivity index (χ0n) is 21.5. The van der Waals surface area contributed by atoms with Crippen molar-refractivity contribution < 1.29 is 23.9 Å². The quantitative estimate of drug-likeness (QED) is 0.232. The van der Waals surface area contributed by atoms with Crippen molar-refractivity contribution in [3.63, 3.8) is 0 Å². The zero-order chi connectivity index (χ0) is 27.8. The van der Waals surface area contributed by atoms with Crippen molar-refractivity contribution in [3.8, 4) is 0 Å². The van der Waals surface area contributed by atoms with Gasteiger partial charge in [0.05, 0.1) is 13.1 Å². The summed E-state index contributed by atoms with van der Waals surface area (Å²) in [6.45, 7) is -0.373. The van der Waals surface area contributed by atoms with Crippen LogP contribution in [0.3, 0.4) is 0 Å². The number of hydrogen-bond acceptors (Lipinski definition) is 4. The summed E-state index contributed by atoms with van der Waals surface area (Å²) in [5, 5.41) is 13.9. The van der Waals surface area contributed by atoms with Gasteiger partial charge in [-0.25, -0.2) is 14.0 Å². The highest BCUT2D eigenvalue weighted by molar-refractivity contribution is 7.80. The second kappa shape index (κ2) is 13.3. The summed E-state index contributed by atoms with van der Waals surface area (Å²) in [5.41, 5.74) is 3.70. The molecular weight excluding hydrogens is 517 g/mol. The molecule has 4 rings (SSSR count). The molecule has 9 heteroatoms. The first kappa shape index (κ1) is 28.2. The van der Waals surface area contributed by atoms with Gasteiger partial charge >= 0.3 is 12.0 Å². The van der Waals surface area contributed by atoms with E-state index in [4.69, 9.17) is 5.11 Å². The SMILES string of the molecule is O=C(NCC(F)C(=O)O)c1ccc(CN(C(=O)Nc2ccc(S)cc2)c2ccc(C3CCCCC3)cc2)cc1. The number of carbonyl (C=O) groups is 3. The summed E-state index contributed by atoms with van der Waals surface area (Å²) in [6.07, 6.45) is 3.98. The van der Waals surface area contributed by atoms with Crippen LogP contribution in [0.15, 0.2) is 77.7 Å². The number of alkyl halides is 1. The zero-order valence-corrected chi connectivity index (χ0v) is 22.4. The maximum absolute atomic E-state index is 13.4. The van der Waals surface area contributed by atoms with Crippen LogP contribution in [-0.4, -0.2) is 35.7 Å². The molecule has 0 aromatic heterocycles. The van der Waals surface area contributed by atoms with Gasteiger partial charge in [-0.3, -0.25) is 9.69 Å². The number of nitrogens with one attached hydrogen (secondary N) is 2. The summed E-state index contributed by atoms with van der Waals surface area (Å²) < 4.78 is 13.3. The molecular formula is C30H32FN3O4S. The van der Waals surface area contributed by atoms with E-state index in [1.54, 1.807) is 53.4 Å². The van der Waals surface area contributed by atoms with Crippen LogP contribution in [0.1, 0.15) is 59.5 Å². The Kier molecular flexibility index (Phi) is 9.59. The number of halogens is 1. The summed E-state index contributed by atoms with van der Waals surface area (Å²) in [5.74, 6) is -1.65. The highest BCUT2D eigenvalue weighted by Crippen LogP contribution is 2.33. The van der Waals surface area contributed by atoms with Crippen LogP contribution in [0, 0.1) is 0 Å². The maximum atomic E-state index is 13.4. The predicted molar refractivity (Wildman–Crippen MR) is 152 cm³/mol. The molecule has 3 amide bonds. The van der Waals surface area contributed by atoms with Gasteiger partial charge in [-0.1, -0.05) is 43.5 Å². The van der Waals surface area contributed by atoms with Crippen molar-refractivity contribution >= 4 is 41.9 Å². The number of rotatable bonds is 9. The van der Waals surface area contributed by atoms with E-state index in [0.29, 0.717) is 11.6 Å². The topological polar surface area (TPSA) is 98.7 Å². The molecule has 1 aliphatic carbocycles. The van der Waals surface area contributed by atoms with Crippen molar-refractivity contribution in [1.29, 1.82) is 0 Å². The number of carboxylic acid groups (broad SMARTS) is 1. The number of hydrogen-bond donors (Lipinski definition) is 4. The minimum Gasteiger partial charge on any atom is -0.479 e. The van der Waals surface area contributed by atoms with Gasteiger partial charge < -0.3 is 15.7 Å². The van der Waals surface area contributed by atoms with Crippen molar-refractivity contribution in [2.24, 2.45) is 0 Å². The third-order valence-corrected chi connectivity index (χ3v) is 7.21. The standard InChI is InChI=1S/C30H32FN3O4S/c31-27(29(36)37)18-32-28(35)23-8-6-20(7-9-23)19-34(30(38)33-24-12-16-26(39)17-13-24)25-14-10-22(11-15-25)21-4-2-1-3-5-21/h6-17,21,27,39H,1-5,18-19H2,(H,32,35)(H,33,38)(H,36,37). The van der Waals surface area contributed by atoms with Gasteiger partial charge in [0.15, 0.2) is 0 Å². The monoisotopic (exact) mass is 549 g/mol. The van der Waals surface area contributed by atoms with Gasteiger partial charge in [-0.2, -0.15) is 0 Å². The Morgan fingerprint density at radius 1 is 0.923 bits per heavy atom. The molecule has 7 nitrogen and oxygen atoms in total. The molecule has 3 N–H and O–H groups in total. The number of nitrogens with zero attached hydrogens (tertiary/aromatic N) is 1. The molecule has 1 unspecified atom stereocenters. The Morgan fingerprint density at radius 2 is 1.56 bits per heavy atom. The lowest BCUT2D eigenvalue weighted by molar-refractivity contribution is -0.142. The van der Waals surface area contributed by atoms with Crippen LogP contribution in [0.2, 0.25) is 0 Å². The van der Waals surface area contributed by atoms with Crippen LogP contribution in [-0.2, 0) is 11.3 Å². The number of amides is 3. The second-order valence-corrected chi connectivity index (χ2v) is 10.2. The fraction of sp³-hybridized carbons (Fsp3) is 0.300. The van der Waals surface area contributed by atoms with Crippen LogP contribution < -0.4 is 15.5 Å². The Bertz CT molecular complexity index is 1280. The molecule has 0 radical (unpaired) electrons. The van der Waals surface area contributed by atoms with Crippen molar-refractivity contribution in [3.05, 3.63) is 89.5 Å². The van der Waals surface area contributed by atoms with E-state index in [1.165, 1.54) is 37.7 Å². The van der Waals surface area contributed by atoms with Crippen molar-refractivity contribution in [2.75, 3.05) is 16.8 Å². The highest BCUT2D eigenvalue weighted by atomic mass is 32.1. The molecule has 1 saturated carbocycles. The molecule has 0 saturated heterocycles. The second-order valence-electron chi connectivity index (χ2n) is 9.70. The van der Waals surface area contributed by atoms with Gasteiger partial charge in [0.1, 0.15) is 0 Å². The predicted octanol–water partition coefficient (Wildman–Crippen LogP) is 6.41. The van der Waals surface area contributed by atoms with Crippen LogP contribution in [0.25, 0.3) is 0 Å². The van der Waals surface area contributed by atoms with Gasteiger partial charge in [0.2, 0.25) is 6.17 Å². The highest BCUT2D eigenvalue weighted by Gasteiger charge is 2.20. The fourth-order valence-corrected chi connectivity index (χ4v) is 4.84. The summed E-state index contributed by atoms with van der Waals surface area (Å²) >= 11 is 4.30. The van der Waals surface area contributed by atoms with E-state index in [9.17, 15) is 18.8 Å². The average molecular weight is 550 g/mol. The third kappa shape index (κ3) is 7.83. The smallest absolute Gasteiger partial charge is 0.340 e. The van der Waals surface area contributed by atoms with Gasteiger partial charge in [0, 0.05) is 21.8 Å². The van der Waals surface area contributed by atoms with Gasteiger partial charge in [-0.05, 0) is 78.4 Å². The number of carboxylic acids is 1. The molecule has 0 aliphatic heterocycles. The fourth-order valence-electron chi connectivity index (χ4n) is 4.69. The van der Waals surface area contributed by atoms with Gasteiger partial charge in [-0.15, -0.1) is 12.6 Å². The molecule has 0 heterocycles. The first-order chi connectivity index (χ1) is 18.8. The Balaban J connectivity index is 1.50. The van der Waals surface area contributed by atoms with E-state index >= 15 is 0 Å². The molecule has 39 heavy (non-hydrogen) atoms. The number of benzene rings is 3. The normalized spacial score (nSPS) is 14.3. The van der Waals surface area contributed by atoms with Crippen molar-refractivity contribution in [1.82, 2.24) is 5.32 Å². The third-order valence-electron chi connectivity index (χ3n) is 6.91. The average Bonchev–Trinajstić information content (AvgIpc) is 2.96. The first-order valence-electron chi connectivity index (χ1n) is 13.0. The number of urea groups is 1. The minimum absolute atomic E-state index is 0.243. The lowest BCUT2D eigenvalue weighted by Gasteiger charge is -2.26. The van der Waals surface area contributed by atoms with Crippen LogP contribution in [0.4, 0.5) is 20.6 Å². The number of anilines is 2. The minimum atomic E-state index is -2.17. The maximum Gasteiger partial charge on any atom is 0.340 e.